The summed E-state index contributed by atoms with van der Waals surface area (Å²) in [7, 11) is -9.18. The van der Waals surface area contributed by atoms with Gasteiger partial charge in [0.1, 0.15) is 29.8 Å². The molecule has 3 aromatic rings. The van der Waals surface area contributed by atoms with Gasteiger partial charge in [-0.05, 0) is 12.1 Å². The molecule has 4 rings (SSSR count). The van der Waals surface area contributed by atoms with Gasteiger partial charge in [-0.3, -0.25) is 18.5 Å². The molecule has 0 spiro atoms. The maximum atomic E-state index is 13.1. The number of aromatic nitrogens is 3. The molecule has 2 aromatic heterocycles. The van der Waals surface area contributed by atoms with Crippen molar-refractivity contribution < 1.29 is 56.9 Å². The first-order chi connectivity index (χ1) is 17.3. The first kappa shape index (κ1) is 27.3. The van der Waals surface area contributed by atoms with Crippen LogP contribution in [0.2, 0.25) is 0 Å². The summed E-state index contributed by atoms with van der Waals surface area (Å²) in [6.45, 7) is -1.27. The molecule has 5 N–H and O–H groups in total. The number of benzene rings is 1. The van der Waals surface area contributed by atoms with Gasteiger partial charge >= 0.3 is 21.3 Å². The number of fused-ring (bicyclic) bond motifs is 1. The number of ether oxygens (including phenoxy) is 2. The molecule has 202 valence electrons. The van der Waals surface area contributed by atoms with Gasteiger partial charge in [0.25, 0.3) is 5.56 Å². The Balaban J connectivity index is 1.56. The SMILES string of the molecule is COc1ccc2c(Cn3c(=O)ccn([C@@H]4O[C@H](COP(=O)(O)OP(=O)(O)O)C(O)C4O)c3=O)noc2c1. The monoisotopic (exact) mass is 565 g/mol. The Bertz CT molecular complexity index is 1510. The molecular weight excluding hydrogens is 544 g/mol. The Morgan fingerprint density at radius 1 is 1.11 bits per heavy atom. The van der Waals surface area contributed by atoms with E-state index < -0.39 is 58.0 Å². The molecule has 19 heteroatoms. The van der Waals surface area contributed by atoms with E-state index in [1.54, 1.807) is 18.2 Å². The van der Waals surface area contributed by atoms with Gasteiger partial charge in [0, 0.05) is 23.7 Å². The summed E-state index contributed by atoms with van der Waals surface area (Å²) in [6, 6.07) is 5.85. The lowest BCUT2D eigenvalue weighted by atomic mass is 10.1. The number of nitrogens with zero attached hydrogens (tertiary/aromatic N) is 3. The second-order valence-corrected chi connectivity index (χ2v) is 10.6. The molecule has 0 radical (unpaired) electrons. The van der Waals surface area contributed by atoms with Crippen molar-refractivity contribution in [2.24, 2.45) is 0 Å². The predicted molar refractivity (Wildman–Crippen MR) is 119 cm³/mol. The summed E-state index contributed by atoms with van der Waals surface area (Å²) in [5.41, 5.74) is -1.07. The third-order valence-electron chi connectivity index (χ3n) is 5.38. The van der Waals surface area contributed by atoms with E-state index in [0.717, 1.165) is 21.4 Å². The molecule has 17 nitrogen and oxygen atoms in total. The fourth-order valence-corrected chi connectivity index (χ4v) is 5.25. The average molecular weight is 565 g/mol. The molecule has 5 atom stereocenters. The number of phosphoric ester groups is 1. The van der Waals surface area contributed by atoms with Crippen LogP contribution in [0.4, 0.5) is 0 Å². The highest BCUT2D eigenvalue weighted by Crippen LogP contribution is 2.57. The van der Waals surface area contributed by atoms with Crippen molar-refractivity contribution in [3.8, 4) is 5.75 Å². The first-order valence-corrected chi connectivity index (χ1v) is 13.3. The van der Waals surface area contributed by atoms with Gasteiger partial charge in [-0.15, -0.1) is 0 Å². The zero-order chi connectivity index (χ0) is 27.1. The fourth-order valence-electron chi connectivity index (χ4n) is 3.65. The lowest BCUT2D eigenvalue weighted by Crippen LogP contribution is -2.43. The Kier molecular flexibility index (Phi) is 7.56. The number of aliphatic hydroxyl groups excluding tert-OH is 2. The number of rotatable bonds is 9. The van der Waals surface area contributed by atoms with Gasteiger partial charge in [-0.1, -0.05) is 5.16 Å². The lowest BCUT2D eigenvalue weighted by molar-refractivity contribution is -0.0547. The zero-order valence-electron chi connectivity index (χ0n) is 18.8. The molecule has 1 aromatic carbocycles. The summed E-state index contributed by atoms with van der Waals surface area (Å²) < 4.78 is 47.8. The lowest BCUT2D eigenvalue weighted by Gasteiger charge is -2.19. The van der Waals surface area contributed by atoms with Crippen molar-refractivity contribution in [3.05, 3.63) is 57.0 Å². The van der Waals surface area contributed by atoms with Crippen molar-refractivity contribution in [2.45, 2.75) is 31.1 Å². The number of aliphatic hydroxyl groups is 2. The van der Waals surface area contributed by atoms with Crippen LogP contribution in [0.1, 0.15) is 11.9 Å². The maximum Gasteiger partial charge on any atom is 0.481 e. The summed E-state index contributed by atoms with van der Waals surface area (Å²) in [6.07, 6.45) is -5.60. The smallest absolute Gasteiger partial charge is 0.481 e. The van der Waals surface area contributed by atoms with E-state index in [1.807, 2.05) is 0 Å². The van der Waals surface area contributed by atoms with Crippen LogP contribution < -0.4 is 16.0 Å². The van der Waals surface area contributed by atoms with E-state index in [1.165, 1.54) is 7.11 Å². The summed E-state index contributed by atoms with van der Waals surface area (Å²) in [5, 5.41) is 25.1. The molecule has 3 unspecified atom stereocenters. The molecule has 0 aliphatic carbocycles. The van der Waals surface area contributed by atoms with Gasteiger partial charge in [-0.25, -0.2) is 13.9 Å². The highest BCUT2D eigenvalue weighted by molar-refractivity contribution is 7.60. The third kappa shape index (κ3) is 5.91. The van der Waals surface area contributed by atoms with Gasteiger partial charge in [0.2, 0.25) is 0 Å². The van der Waals surface area contributed by atoms with Crippen LogP contribution >= 0.6 is 15.6 Å². The Morgan fingerprint density at radius 3 is 2.51 bits per heavy atom. The molecule has 0 amide bonds. The van der Waals surface area contributed by atoms with Gasteiger partial charge < -0.3 is 38.9 Å². The minimum atomic E-state index is -5.38. The molecule has 0 bridgehead atoms. The van der Waals surface area contributed by atoms with Crippen LogP contribution in [0.15, 0.2) is 44.6 Å². The standard InChI is InChI=1S/C18H21N3O14P2/c1-31-9-2-3-10-11(19-34-12(10)6-9)7-21-14(22)4-5-20(18(21)25)17-16(24)15(23)13(33-17)8-32-37(29,30)35-36(26,27)28/h2-6,13,15-17,23-24H,7-8H2,1H3,(H,29,30)(H2,26,27,28)/t13-,15?,16?,17-/m1/s1. The molecular formula is C18H21N3O14P2. The van der Waals surface area contributed by atoms with E-state index in [2.05, 4.69) is 14.0 Å². The second kappa shape index (κ2) is 10.2. The Morgan fingerprint density at radius 2 is 1.84 bits per heavy atom. The van der Waals surface area contributed by atoms with Gasteiger partial charge in [0.15, 0.2) is 11.8 Å². The second-order valence-electron chi connectivity index (χ2n) is 7.80. The minimum Gasteiger partial charge on any atom is -0.497 e. The summed E-state index contributed by atoms with van der Waals surface area (Å²) in [4.78, 5) is 52.3. The van der Waals surface area contributed by atoms with E-state index in [9.17, 15) is 33.8 Å². The third-order valence-corrected chi connectivity index (χ3v) is 7.53. The molecule has 1 fully saturated rings. The molecule has 3 heterocycles. The molecule has 37 heavy (non-hydrogen) atoms. The topological polar surface area (TPSA) is 242 Å². The van der Waals surface area contributed by atoms with E-state index >= 15 is 0 Å². The molecule has 1 aliphatic heterocycles. The highest BCUT2D eigenvalue weighted by atomic mass is 31.3. The van der Waals surface area contributed by atoms with Crippen LogP contribution in [-0.2, 0) is 29.2 Å². The number of phosphoric acid groups is 2. The zero-order valence-corrected chi connectivity index (χ0v) is 20.5. The largest absolute Gasteiger partial charge is 0.497 e. The Labute approximate surface area is 205 Å². The normalized spacial score (nSPS) is 23.8. The van der Waals surface area contributed by atoms with E-state index in [4.69, 9.17) is 23.8 Å². The van der Waals surface area contributed by atoms with Gasteiger partial charge in [-0.2, -0.15) is 4.31 Å². The fraction of sp³-hybridized carbons (Fsp3) is 0.389. The van der Waals surface area contributed by atoms with Crippen LogP contribution in [-0.4, -0.2) is 71.2 Å². The average Bonchev–Trinajstić information content (AvgIpc) is 3.34. The van der Waals surface area contributed by atoms with E-state index in [-0.39, 0.29) is 12.2 Å². The maximum absolute atomic E-state index is 13.1. The summed E-state index contributed by atoms with van der Waals surface area (Å²) >= 11 is 0. The van der Waals surface area contributed by atoms with Crippen molar-refractivity contribution in [3.63, 3.8) is 0 Å². The Hall–Kier alpha value is -2.69. The quantitative estimate of drug-likeness (QED) is 0.197. The van der Waals surface area contributed by atoms with Crippen molar-refractivity contribution in [1.29, 1.82) is 0 Å². The number of hydrogen-bond donors (Lipinski definition) is 5. The van der Waals surface area contributed by atoms with Crippen LogP contribution in [0.5, 0.6) is 5.75 Å². The van der Waals surface area contributed by atoms with Crippen LogP contribution in [0, 0.1) is 0 Å². The van der Waals surface area contributed by atoms with Crippen molar-refractivity contribution in [2.75, 3.05) is 13.7 Å². The molecule has 1 saturated heterocycles. The van der Waals surface area contributed by atoms with E-state index in [0.29, 0.717) is 16.7 Å². The first-order valence-electron chi connectivity index (χ1n) is 10.3. The minimum absolute atomic E-state index is 0.248. The van der Waals surface area contributed by atoms with Crippen molar-refractivity contribution in [1.82, 2.24) is 14.3 Å². The number of hydrogen-bond acceptors (Lipinski definition) is 12. The molecule has 1 aliphatic rings. The van der Waals surface area contributed by atoms with Crippen LogP contribution in [0.25, 0.3) is 11.0 Å². The number of methoxy groups -OCH3 is 1. The van der Waals surface area contributed by atoms with Crippen molar-refractivity contribution >= 4 is 26.6 Å². The van der Waals surface area contributed by atoms with Crippen LogP contribution in [0.3, 0.4) is 0 Å². The predicted octanol–water partition coefficient (Wildman–Crippen LogP) is -0.946. The van der Waals surface area contributed by atoms with Gasteiger partial charge in [0.05, 0.1) is 20.3 Å². The highest BCUT2D eigenvalue weighted by Gasteiger charge is 2.46. The summed E-state index contributed by atoms with van der Waals surface area (Å²) in [5.74, 6) is 0.504. The molecule has 0 saturated carbocycles.